The Balaban J connectivity index is 1.91. The predicted octanol–water partition coefficient (Wildman–Crippen LogP) is 3.60. The quantitative estimate of drug-likeness (QED) is 0.707. The zero-order chi connectivity index (χ0) is 23.6. The predicted molar refractivity (Wildman–Crippen MR) is 123 cm³/mol. The molecule has 1 aromatic heterocycles. The van der Waals surface area contributed by atoms with E-state index in [1.54, 1.807) is 31.2 Å². The van der Waals surface area contributed by atoms with Gasteiger partial charge in [0.1, 0.15) is 5.82 Å². The summed E-state index contributed by atoms with van der Waals surface area (Å²) in [5.41, 5.74) is 1.53. The molecule has 0 unspecified atom stereocenters. The van der Waals surface area contributed by atoms with Gasteiger partial charge in [0, 0.05) is 23.2 Å². The highest BCUT2D eigenvalue weighted by atomic mass is 16.5. The van der Waals surface area contributed by atoms with Gasteiger partial charge in [-0.3, -0.25) is 10.1 Å². The van der Waals surface area contributed by atoms with E-state index in [2.05, 4.69) is 32.3 Å². The topological polar surface area (TPSA) is 119 Å². The van der Waals surface area contributed by atoms with E-state index in [4.69, 9.17) is 9.47 Å². The van der Waals surface area contributed by atoms with Crippen molar-refractivity contribution < 1.29 is 19.1 Å². The fourth-order valence-corrected chi connectivity index (χ4v) is 2.83. The summed E-state index contributed by atoms with van der Waals surface area (Å²) >= 11 is 0. The van der Waals surface area contributed by atoms with Gasteiger partial charge in [0.15, 0.2) is 11.5 Å². The van der Waals surface area contributed by atoms with E-state index in [-0.39, 0.29) is 16.9 Å². The Morgan fingerprint density at radius 3 is 2.34 bits per heavy atom. The molecule has 2 heterocycles. The maximum absolute atomic E-state index is 12.7. The van der Waals surface area contributed by atoms with Crippen molar-refractivity contribution >= 4 is 35.1 Å². The van der Waals surface area contributed by atoms with Gasteiger partial charge in [0.25, 0.3) is 11.9 Å². The molecule has 3 rings (SSSR count). The number of hydrogen-bond donors (Lipinski definition) is 2. The molecule has 10 heteroatoms. The monoisotopic (exact) mass is 438 g/mol. The Morgan fingerprint density at radius 2 is 1.75 bits per heavy atom. The Hall–Kier alpha value is -3.95. The summed E-state index contributed by atoms with van der Waals surface area (Å²) in [4.78, 5) is 33.1. The van der Waals surface area contributed by atoms with Crippen molar-refractivity contribution in [3.05, 3.63) is 42.1 Å². The first-order valence-electron chi connectivity index (χ1n) is 9.82. The summed E-state index contributed by atoms with van der Waals surface area (Å²) in [6, 6.07) is 6.20. The summed E-state index contributed by atoms with van der Waals surface area (Å²) < 4.78 is 11.8. The summed E-state index contributed by atoms with van der Waals surface area (Å²) in [7, 11) is 3.04. The molecule has 0 spiro atoms. The maximum Gasteiger partial charge on any atom is 0.324 e. The molecule has 1 aromatic carbocycles. The molecule has 2 aromatic rings. The van der Waals surface area contributed by atoms with Gasteiger partial charge in [-0.25, -0.2) is 9.79 Å². The third-order valence-corrected chi connectivity index (χ3v) is 4.71. The molecule has 10 nitrogen and oxygen atoms in total. The summed E-state index contributed by atoms with van der Waals surface area (Å²) in [6.45, 7) is 11.3. The van der Waals surface area contributed by atoms with Gasteiger partial charge in [-0.15, -0.1) is 0 Å². The number of aliphatic imine (C=N–C) groups is 2. The molecule has 32 heavy (non-hydrogen) atoms. The molecule has 0 radical (unpaired) electrons. The van der Waals surface area contributed by atoms with Gasteiger partial charge in [-0.05, 0) is 19.1 Å². The van der Waals surface area contributed by atoms with Gasteiger partial charge in [0.2, 0.25) is 0 Å². The van der Waals surface area contributed by atoms with Crippen LogP contribution in [0.3, 0.4) is 0 Å². The smallest absolute Gasteiger partial charge is 0.324 e. The maximum atomic E-state index is 12.7. The Kier molecular flexibility index (Phi) is 6.15. The van der Waals surface area contributed by atoms with Crippen LogP contribution in [0.25, 0.3) is 0 Å². The minimum atomic E-state index is -0.522. The van der Waals surface area contributed by atoms with E-state index in [0.717, 1.165) is 0 Å². The molecule has 0 bridgehead atoms. The number of carbonyl (C=O) groups is 2. The van der Waals surface area contributed by atoms with Gasteiger partial charge in [-0.2, -0.15) is 14.8 Å². The van der Waals surface area contributed by atoms with Crippen LogP contribution in [-0.2, 0) is 10.2 Å². The van der Waals surface area contributed by atoms with Crippen LogP contribution in [0.2, 0.25) is 0 Å². The van der Waals surface area contributed by atoms with Crippen LogP contribution < -0.4 is 20.1 Å². The van der Waals surface area contributed by atoms with Crippen molar-refractivity contribution in [2.24, 2.45) is 9.98 Å². The number of benzene rings is 1. The van der Waals surface area contributed by atoms with Crippen LogP contribution >= 0.6 is 0 Å². The first-order chi connectivity index (χ1) is 15.0. The number of nitrogens with zero attached hydrogens (tertiary/aromatic N) is 4. The molecule has 2 N–H and O–H groups in total. The molecule has 0 saturated carbocycles. The van der Waals surface area contributed by atoms with Gasteiger partial charge < -0.3 is 14.8 Å². The van der Waals surface area contributed by atoms with E-state index in [0.29, 0.717) is 34.4 Å². The second-order valence-corrected chi connectivity index (χ2v) is 8.12. The lowest BCUT2D eigenvalue weighted by Crippen LogP contribution is -2.27. The minimum Gasteiger partial charge on any atom is -0.493 e. The zero-order valence-corrected chi connectivity index (χ0v) is 18.9. The first kappa shape index (κ1) is 22.7. The molecule has 0 fully saturated rings. The van der Waals surface area contributed by atoms with Crippen molar-refractivity contribution in [1.82, 2.24) is 9.78 Å². The Morgan fingerprint density at radius 1 is 1.06 bits per heavy atom. The third kappa shape index (κ3) is 4.69. The lowest BCUT2D eigenvalue weighted by Gasteiger charge is -2.14. The standard InChI is InChI=1S/C22H26N6O4/c1-12-13(2)23-20(26-19(12)29)28-18(11-17(27-28)22(3,4)5)25-21(30)24-14-8-9-15(31-6)16(10-14)32-7/h8-11H,1H2,2-7H3,(H2,24,25,30). The van der Waals surface area contributed by atoms with E-state index >= 15 is 0 Å². The minimum absolute atomic E-state index is 0.0526. The molecule has 3 amide bonds. The summed E-state index contributed by atoms with van der Waals surface area (Å²) in [5.74, 6) is 0.882. The Labute approximate surface area is 186 Å². The number of rotatable bonds is 4. The molecular weight excluding hydrogens is 412 g/mol. The molecule has 1 aliphatic heterocycles. The number of amides is 3. The largest absolute Gasteiger partial charge is 0.493 e. The lowest BCUT2D eigenvalue weighted by molar-refractivity contribution is -0.113. The number of methoxy groups -OCH3 is 2. The fourth-order valence-electron chi connectivity index (χ4n) is 2.83. The van der Waals surface area contributed by atoms with Crippen LogP contribution in [0.5, 0.6) is 11.5 Å². The van der Waals surface area contributed by atoms with Gasteiger partial charge in [0.05, 0.1) is 31.2 Å². The number of anilines is 2. The fraction of sp³-hybridized carbons (Fsp3) is 0.318. The molecular formula is C22H26N6O4. The molecule has 0 atom stereocenters. The molecule has 0 saturated heterocycles. The third-order valence-electron chi connectivity index (χ3n) is 4.71. The summed E-state index contributed by atoms with van der Waals surface area (Å²) in [5, 5.41) is 10.0. The molecule has 1 aliphatic rings. The SMILES string of the molecule is C=C1C(=O)N=C(n2nc(C(C)(C)C)cc2NC(=O)Nc2ccc(OC)c(OC)c2)N=C1C. The lowest BCUT2D eigenvalue weighted by atomic mass is 9.92. The second kappa shape index (κ2) is 8.66. The van der Waals surface area contributed by atoms with Crippen LogP contribution in [0.4, 0.5) is 16.3 Å². The number of urea groups is 1. The van der Waals surface area contributed by atoms with Crippen molar-refractivity contribution in [3.8, 4) is 11.5 Å². The summed E-state index contributed by atoms with van der Waals surface area (Å²) in [6.07, 6.45) is 0. The average Bonchev–Trinajstić information content (AvgIpc) is 3.15. The van der Waals surface area contributed by atoms with Crippen LogP contribution in [0.15, 0.2) is 46.4 Å². The Bertz CT molecular complexity index is 1150. The van der Waals surface area contributed by atoms with E-state index < -0.39 is 11.9 Å². The average molecular weight is 438 g/mol. The molecule has 168 valence electrons. The highest BCUT2D eigenvalue weighted by Crippen LogP contribution is 2.30. The molecule has 0 aliphatic carbocycles. The van der Waals surface area contributed by atoms with Crippen LogP contribution in [0, 0.1) is 0 Å². The number of ether oxygens (including phenoxy) is 2. The highest BCUT2D eigenvalue weighted by molar-refractivity contribution is 6.27. The highest BCUT2D eigenvalue weighted by Gasteiger charge is 2.25. The second-order valence-electron chi connectivity index (χ2n) is 8.12. The van der Waals surface area contributed by atoms with Gasteiger partial charge in [-0.1, -0.05) is 27.4 Å². The van der Waals surface area contributed by atoms with Crippen molar-refractivity contribution in [2.45, 2.75) is 33.1 Å². The van der Waals surface area contributed by atoms with Crippen molar-refractivity contribution in [1.29, 1.82) is 0 Å². The van der Waals surface area contributed by atoms with Crippen molar-refractivity contribution in [3.63, 3.8) is 0 Å². The van der Waals surface area contributed by atoms with E-state index in [9.17, 15) is 9.59 Å². The first-order valence-corrected chi connectivity index (χ1v) is 9.82. The number of nitrogens with one attached hydrogen (secondary N) is 2. The number of aromatic nitrogens is 2. The number of hydrogen-bond acceptors (Lipinski definition) is 6. The normalized spacial score (nSPS) is 13.9. The van der Waals surface area contributed by atoms with Gasteiger partial charge >= 0.3 is 6.03 Å². The van der Waals surface area contributed by atoms with Crippen LogP contribution in [-0.4, -0.2) is 47.6 Å². The van der Waals surface area contributed by atoms with E-state index in [1.807, 2.05) is 20.8 Å². The van der Waals surface area contributed by atoms with E-state index in [1.165, 1.54) is 18.9 Å². The zero-order valence-electron chi connectivity index (χ0n) is 18.9. The number of carbonyl (C=O) groups excluding carboxylic acids is 2. The van der Waals surface area contributed by atoms with Crippen LogP contribution in [0.1, 0.15) is 33.4 Å². The van der Waals surface area contributed by atoms with Crippen molar-refractivity contribution in [2.75, 3.05) is 24.9 Å².